The summed E-state index contributed by atoms with van der Waals surface area (Å²) in [6, 6.07) is 3.23. The molecule has 4 rings (SSSR count). The Bertz CT molecular complexity index is 1170. The maximum Gasteiger partial charge on any atom is 0.257 e. The van der Waals surface area contributed by atoms with E-state index in [0.29, 0.717) is 64.7 Å². The fraction of sp³-hybridized carbons (Fsp3) is 0.633. The Morgan fingerprint density at radius 2 is 1.73 bits per heavy atom. The highest BCUT2D eigenvalue weighted by Gasteiger charge is 2.38. The van der Waals surface area contributed by atoms with Crippen molar-refractivity contribution in [3.05, 3.63) is 35.1 Å². The molecular formula is C30H42FN5O5. The summed E-state index contributed by atoms with van der Waals surface area (Å²) in [5.74, 6) is -2.35. The van der Waals surface area contributed by atoms with Gasteiger partial charge in [0.2, 0.25) is 23.6 Å². The third-order valence-electron chi connectivity index (χ3n) is 8.53. The molecule has 1 aromatic rings. The van der Waals surface area contributed by atoms with Crippen LogP contribution in [0.1, 0.15) is 68.8 Å². The van der Waals surface area contributed by atoms with Gasteiger partial charge in [-0.15, -0.1) is 0 Å². The third-order valence-corrected chi connectivity index (χ3v) is 8.53. The van der Waals surface area contributed by atoms with Gasteiger partial charge in [-0.3, -0.25) is 24.0 Å². The van der Waals surface area contributed by atoms with Gasteiger partial charge in [-0.25, -0.2) is 4.39 Å². The molecule has 0 radical (unpaired) electrons. The Kier molecular flexibility index (Phi) is 9.99. The van der Waals surface area contributed by atoms with Crippen molar-refractivity contribution in [2.24, 2.45) is 11.8 Å². The molecule has 2 saturated heterocycles. The molecule has 2 N–H and O–H groups in total. The van der Waals surface area contributed by atoms with Crippen molar-refractivity contribution in [3.63, 3.8) is 0 Å². The normalized spacial score (nSPS) is 23.6. The van der Waals surface area contributed by atoms with E-state index in [1.165, 1.54) is 22.8 Å². The molecule has 0 spiro atoms. The summed E-state index contributed by atoms with van der Waals surface area (Å²) in [5, 5.41) is 5.92. The van der Waals surface area contributed by atoms with Gasteiger partial charge in [-0.05, 0) is 62.1 Å². The summed E-state index contributed by atoms with van der Waals surface area (Å²) < 4.78 is 14.7. The molecule has 2 bridgehead atoms. The molecular weight excluding hydrogens is 529 g/mol. The van der Waals surface area contributed by atoms with Gasteiger partial charge in [0.25, 0.3) is 5.91 Å². The van der Waals surface area contributed by atoms with Crippen LogP contribution < -0.4 is 10.6 Å². The summed E-state index contributed by atoms with van der Waals surface area (Å²) in [6.07, 6.45) is 3.22. The lowest BCUT2D eigenvalue weighted by atomic mass is 9.94. The first kappa shape index (κ1) is 30.5. The SMILES string of the molecule is CC(=O)N1CCC(C(=O)N2CC(=O)NCCCc3ccc(F)c(c3)C(=O)N3CCC[C@H]3C(=O)N[C@H](C(C)C)C2)CC1. The Morgan fingerprint density at radius 3 is 2.41 bits per heavy atom. The number of rotatable bonds is 2. The maximum atomic E-state index is 14.7. The van der Waals surface area contributed by atoms with Crippen molar-refractivity contribution in [2.75, 3.05) is 39.3 Å². The number of aryl methyl sites for hydroxylation is 1. The van der Waals surface area contributed by atoms with E-state index in [0.717, 1.165) is 5.56 Å². The molecule has 224 valence electrons. The molecule has 2 fully saturated rings. The Balaban J connectivity index is 1.58. The topological polar surface area (TPSA) is 119 Å². The summed E-state index contributed by atoms with van der Waals surface area (Å²) >= 11 is 0. The lowest BCUT2D eigenvalue weighted by Crippen LogP contribution is -2.56. The van der Waals surface area contributed by atoms with E-state index in [2.05, 4.69) is 10.6 Å². The average molecular weight is 572 g/mol. The van der Waals surface area contributed by atoms with E-state index in [4.69, 9.17) is 0 Å². The molecule has 3 heterocycles. The van der Waals surface area contributed by atoms with Crippen LogP contribution in [0.2, 0.25) is 0 Å². The van der Waals surface area contributed by atoms with Gasteiger partial charge in [-0.2, -0.15) is 0 Å². The molecule has 0 saturated carbocycles. The van der Waals surface area contributed by atoms with Gasteiger partial charge < -0.3 is 25.3 Å². The van der Waals surface area contributed by atoms with Crippen LogP contribution in [0.3, 0.4) is 0 Å². The van der Waals surface area contributed by atoms with E-state index in [1.54, 1.807) is 17.0 Å². The predicted molar refractivity (Wildman–Crippen MR) is 150 cm³/mol. The second kappa shape index (κ2) is 13.4. The molecule has 5 amide bonds. The number of hydrogen-bond acceptors (Lipinski definition) is 5. The van der Waals surface area contributed by atoms with Crippen molar-refractivity contribution in [2.45, 2.75) is 71.4 Å². The molecule has 0 unspecified atom stereocenters. The van der Waals surface area contributed by atoms with Crippen LogP contribution in [0.25, 0.3) is 0 Å². The van der Waals surface area contributed by atoms with E-state index in [-0.39, 0.29) is 54.1 Å². The van der Waals surface area contributed by atoms with Gasteiger partial charge in [0, 0.05) is 51.6 Å². The quantitative estimate of drug-likeness (QED) is 0.561. The summed E-state index contributed by atoms with van der Waals surface area (Å²) in [5.41, 5.74) is 0.714. The Morgan fingerprint density at radius 1 is 1.00 bits per heavy atom. The molecule has 41 heavy (non-hydrogen) atoms. The maximum absolute atomic E-state index is 14.7. The zero-order valence-corrected chi connectivity index (χ0v) is 24.3. The largest absolute Gasteiger partial charge is 0.355 e. The summed E-state index contributed by atoms with van der Waals surface area (Å²) in [7, 11) is 0. The molecule has 0 aromatic heterocycles. The number of carbonyl (C=O) groups excluding carboxylic acids is 5. The number of hydrogen-bond donors (Lipinski definition) is 2. The van der Waals surface area contributed by atoms with Crippen LogP contribution in [-0.2, 0) is 25.6 Å². The van der Waals surface area contributed by atoms with E-state index >= 15 is 0 Å². The zero-order chi connectivity index (χ0) is 29.7. The second-order valence-corrected chi connectivity index (χ2v) is 11.8. The number of piperidine rings is 1. The highest BCUT2D eigenvalue weighted by Crippen LogP contribution is 2.24. The average Bonchev–Trinajstić information content (AvgIpc) is 3.44. The summed E-state index contributed by atoms with van der Waals surface area (Å²) in [6.45, 7) is 7.07. The van der Waals surface area contributed by atoms with E-state index in [1.807, 2.05) is 13.8 Å². The number of benzene rings is 1. The van der Waals surface area contributed by atoms with Gasteiger partial charge in [0.1, 0.15) is 11.9 Å². The summed E-state index contributed by atoms with van der Waals surface area (Å²) in [4.78, 5) is 70.1. The van der Waals surface area contributed by atoms with Crippen LogP contribution in [0.4, 0.5) is 4.39 Å². The van der Waals surface area contributed by atoms with Gasteiger partial charge >= 0.3 is 0 Å². The van der Waals surface area contributed by atoms with E-state index < -0.39 is 23.8 Å². The monoisotopic (exact) mass is 571 g/mol. The zero-order valence-electron chi connectivity index (χ0n) is 24.3. The number of nitrogens with one attached hydrogen (secondary N) is 2. The first-order valence-electron chi connectivity index (χ1n) is 14.8. The molecule has 11 heteroatoms. The number of likely N-dealkylation sites (tertiary alicyclic amines) is 1. The predicted octanol–water partition coefficient (Wildman–Crippen LogP) is 1.72. The van der Waals surface area contributed by atoms with Gasteiger partial charge in [-0.1, -0.05) is 19.9 Å². The van der Waals surface area contributed by atoms with Crippen molar-refractivity contribution in [3.8, 4) is 0 Å². The van der Waals surface area contributed by atoms with Crippen LogP contribution in [0, 0.1) is 17.7 Å². The van der Waals surface area contributed by atoms with E-state index in [9.17, 15) is 28.4 Å². The molecule has 2 atom stereocenters. The Hall–Kier alpha value is -3.50. The van der Waals surface area contributed by atoms with Gasteiger partial charge in [0.05, 0.1) is 12.1 Å². The van der Waals surface area contributed by atoms with Crippen LogP contribution in [-0.4, -0.2) is 95.6 Å². The number of nitrogens with zero attached hydrogens (tertiary/aromatic N) is 3. The molecule has 1 aromatic carbocycles. The van der Waals surface area contributed by atoms with Crippen molar-refractivity contribution in [1.29, 1.82) is 0 Å². The number of halogens is 1. The van der Waals surface area contributed by atoms with Crippen molar-refractivity contribution < 1.29 is 28.4 Å². The Labute approximate surface area is 241 Å². The second-order valence-electron chi connectivity index (χ2n) is 11.8. The van der Waals surface area contributed by atoms with Crippen molar-refractivity contribution in [1.82, 2.24) is 25.3 Å². The minimum atomic E-state index is -0.745. The third kappa shape index (κ3) is 7.42. The minimum Gasteiger partial charge on any atom is -0.355 e. The molecule has 3 aliphatic heterocycles. The lowest BCUT2D eigenvalue weighted by Gasteiger charge is -2.36. The number of amides is 5. The first-order valence-corrected chi connectivity index (χ1v) is 14.8. The van der Waals surface area contributed by atoms with Crippen LogP contribution in [0.15, 0.2) is 18.2 Å². The standard InChI is InChI=1S/C30H42FN5O5/c1-19(2)25-17-35(29(40)22-10-14-34(15-11-22)20(3)37)18-27(38)32-12-4-6-21-8-9-24(31)23(16-21)30(41)36-13-5-7-26(36)28(39)33-25/h8-9,16,19,22,25-26H,4-7,10-15,17-18H2,1-3H3,(H,32,38)(H,33,39)/t25-,26-/m0/s1. The smallest absolute Gasteiger partial charge is 0.257 e. The fourth-order valence-electron chi connectivity index (χ4n) is 5.95. The number of carbonyl (C=O) groups is 5. The lowest BCUT2D eigenvalue weighted by molar-refractivity contribution is -0.143. The first-order chi connectivity index (χ1) is 19.5. The highest BCUT2D eigenvalue weighted by molar-refractivity contribution is 5.98. The van der Waals surface area contributed by atoms with Gasteiger partial charge in [0.15, 0.2) is 0 Å². The minimum absolute atomic E-state index is 0.0210. The molecule has 0 aliphatic carbocycles. The highest BCUT2D eigenvalue weighted by atomic mass is 19.1. The van der Waals surface area contributed by atoms with Crippen LogP contribution >= 0.6 is 0 Å². The number of fused-ring (bicyclic) bond motifs is 3. The molecule has 3 aliphatic rings. The molecule has 10 nitrogen and oxygen atoms in total. The van der Waals surface area contributed by atoms with Crippen LogP contribution in [0.5, 0.6) is 0 Å². The van der Waals surface area contributed by atoms with Crippen molar-refractivity contribution >= 4 is 29.5 Å². The fourth-order valence-corrected chi connectivity index (χ4v) is 5.95.